The average molecular weight is 371 g/mol. The summed E-state index contributed by atoms with van der Waals surface area (Å²) in [7, 11) is 1.65. The second-order valence-corrected chi connectivity index (χ2v) is 7.94. The molecule has 0 bridgehead atoms. The largest absolute Gasteiger partial charge is 0.497 e. The molecule has 1 heterocycles. The van der Waals surface area contributed by atoms with E-state index in [1.165, 1.54) is 11.1 Å². The monoisotopic (exact) mass is 370 g/mol. The van der Waals surface area contributed by atoms with Crippen molar-refractivity contribution in [3.8, 4) is 5.75 Å². The molecule has 0 spiro atoms. The number of carbonyl (C=O) groups excluding carboxylic acids is 1. The number of benzene rings is 2. The Labute approximate surface area is 159 Å². The van der Waals surface area contributed by atoms with E-state index in [-0.39, 0.29) is 11.2 Å². The van der Waals surface area contributed by atoms with Crippen molar-refractivity contribution in [3.05, 3.63) is 59.7 Å². The van der Waals surface area contributed by atoms with Crippen LogP contribution in [0, 0.1) is 0 Å². The van der Waals surface area contributed by atoms with Gasteiger partial charge in [-0.1, -0.05) is 24.3 Å². The molecule has 26 heavy (non-hydrogen) atoms. The highest BCUT2D eigenvalue weighted by Crippen LogP contribution is 2.25. The lowest BCUT2D eigenvalue weighted by Gasteiger charge is -2.28. The summed E-state index contributed by atoms with van der Waals surface area (Å²) in [6, 6.07) is 16.4. The number of rotatable bonds is 7. The zero-order valence-corrected chi connectivity index (χ0v) is 16.2. The fraction of sp³-hybridized carbons (Fsp3) is 0.381. The lowest BCUT2D eigenvalue weighted by Crippen LogP contribution is -2.39. The van der Waals surface area contributed by atoms with Gasteiger partial charge < -0.3 is 10.1 Å². The Kier molecular flexibility index (Phi) is 6.58. The fourth-order valence-electron chi connectivity index (χ4n) is 3.14. The van der Waals surface area contributed by atoms with E-state index in [9.17, 15) is 4.79 Å². The van der Waals surface area contributed by atoms with Crippen LogP contribution in [0.2, 0.25) is 0 Å². The molecule has 3 rings (SSSR count). The van der Waals surface area contributed by atoms with Crippen LogP contribution in [-0.4, -0.2) is 42.8 Å². The molecular weight excluding hydrogens is 344 g/mol. The number of hydrogen-bond acceptors (Lipinski definition) is 4. The van der Waals surface area contributed by atoms with Crippen LogP contribution in [0.15, 0.2) is 53.4 Å². The number of methoxy groups -OCH3 is 1. The molecule has 138 valence electrons. The minimum Gasteiger partial charge on any atom is -0.497 e. The maximum Gasteiger partial charge on any atom is 0.233 e. The Bertz CT molecular complexity index is 733. The number of ether oxygens (including phenoxy) is 1. The van der Waals surface area contributed by atoms with Gasteiger partial charge in [-0.2, -0.15) is 0 Å². The molecule has 4 nitrogen and oxygen atoms in total. The van der Waals surface area contributed by atoms with Crippen LogP contribution in [-0.2, 0) is 17.8 Å². The molecule has 2 aromatic carbocycles. The van der Waals surface area contributed by atoms with Crippen LogP contribution in [0.1, 0.15) is 18.1 Å². The van der Waals surface area contributed by atoms with Gasteiger partial charge in [-0.3, -0.25) is 9.69 Å². The van der Waals surface area contributed by atoms with Crippen molar-refractivity contribution in [1.29, 1.82) is 0 Å². The van der Waals surface area contributed by atoms with Crippen molar-refractivity contribution < 1.29 is 9.53 Å². The lowest BCUT2D eigenvalue weighted by molar-refractivity contribution is -0.120. The maximum absolute atomic E-state index is 12.3. The highest BCUT2D eigenvalue weighted by atomic mass is 32.2. The number of thioether (sulfide) groups is 1. The Morgan fingerprint density at radius 3 is 2.65 bits per heavy atom. The zero-order valence-electron chi connectivity index (χ0n) is 15.4. The van der Waals surface area contributed by atoms with E-state index in [1.54, 1.807) is 18.9 Å². The van der Waals surface area contributed by atoms with E-state index in [0.717, 1.165) is 36.7 Å². The number of hydrogen-bond donors (Lipinski definition) is 1. The molecule has 1 amide bonds. The topological polar surface area (TPSA) is 41.6 Å². The van der Waals surface area contributed by atoms with Gasteiger partial charge in [-0.15, -0.1) is 11.8 Å². The van der Waals surface area contributed by atoms with Crippen LogP contribution in [0.5, 0.6) is 5.75 Å². The predicted octanol–water partition coefficient (Wildman–Crippen LogP) is 3.35. The summed E-state index contributed by atoms with van der Waals surface area (Å²) in [4.78, 5) is 15.8. The van der Waals surface area contributed by atoms with E-state index in [1.807, 2.05) is 31.2 Å². The molecule has 1 unspecified atom stereocenters. The van der Waals surface area contributed by atoms with Crippen LogP contribution >= 0.6 is 11.8 Å². The van der Waals surface area contributed by atoms with E-state index < -0.39 is 0 Å². The van der Waals surface area contributed by atoms with Gasteiger partial charge in [-0.05, 0) is 48.7 Å². The molecule has 1 N–H and O–H groups in total. The molecule has 2 aromatic rings. The summed E-state index contributed by atoms with van der Waals surface area (Å²) in [5.41, 5.74) is 2.87. The van der Waals surface area contributed by atoms with Gasteiger partial charge in [0, 0.05) is 31.1 Å². The molecule has 0 saturated heterocycles. The lowest BCUT2D eigenvalue weighted by atomic mass is 10.00. The van der Waals surface area contributed by atoms with Crippen molar-refractivity contribution in [2.75, 3.05) is 26.7 Å². The molecule has 1 aliphatic heterocycles. The molecule has 1 atom stereocenters. The molecule has 5 heteroatoms. The molecule has 0 saturated carbocycles. The molecule has 0 aromatic heterocycles. The number of fused-ring (bicyclic) bond motifs is 1. The molecule has 0 radical (unpaired) electrons. The smallest absolute Gasteiger partial charge is 0.233 e. The first kappa shape index (κ1) is 18.8. The van der Waals surface area contributed by atoms with Crippen molar-refractivity contribution in [1.82, 2.24) is 10.2 Å². The van der Waals surface area contributed by atoms with Gasteiger partial charge in [-0.25, -0.2) is 0 Å². The number of nitrogens with one attached hydrogen (secondary N) is 1. The molecule has 0 aliphatic carbocycles. The van der Waals surface area contributed by atoms with Crippen molar-refractivity contribution >= 4 is 17.7 Å². The van der Waals surface area contributed by atoms with Crippen LogP contribution in [0.4, 0.5) is 0 Å². The SMILES string of the molecule is COc1ccc(SC(C)C(=O)NCCN2CCc3ccccc3C2)cc1. The summed E-state index contributed by atoms with van der Waals surface area (Å²) in [5, 5.41) is 2.95. The zero-order chi connectivity index (χ0) is 18.4. The van der Waals surface area contributed by atoms with E-state index in [4.69, 9.17) is 4.74 Å². The van der Waals surface area contributed by atoms with E-state index in [2.05, 4.69) is 34.5 Å². The summed E-state index contributed by atoms with van der Waals surface area (Å²) >= 11 is 1.57. The Morgan fingerprint density at radius 2 is 1.92 bits per heavy atom. The number of nitrogens with zero attached hydrogens (tertiary/aromatic N) is 1. The van der Waals surface area contributed by atoms with E-state index in [0.29, 0.717) is 6.54 Å². The first-order valence-electron chi connectivity index (χ1n) is 9.03. The molecular formula is C21H26N2O2S. The first-order valence-corrected chi connectivity index (χ1v) is 9.91. The van der Waals surface area contributed by atoms with Gasteiger partial charge >= 0.3 is 0 Å². The fourth-order valence-corrected chi connectivity index (χ4v) is 4.03. The minimum atomic E-state index is -0.120. The van der Waals surface area contributed by atoms with Crippen molar-refractivity contribution in [3.63, 3.8) is 0 Å². The minimum absolute atomic E-state index is 0.0863. The normalized spacial score (nSPS) is 15.2. The molecule has 1 aliphatic rings. The standard InChI is InChI=1S/C21H26N2O2S/c1-16(26-20-9-7-19(25-2)8-10-20)21(24)22-12-14-23-13-11-17-5-3-4-6-18(17)15-23/h3-10,16H,11-15H2,1-2H3,(H,22,24). The summed E-state index contributed by atoms with van der Waals surface area (Å²) in [5.74, 6) is 0.915. The Hall–Kier alpha value is -1.98. The highest BCUT2D eigenvalue weighted by molar-refractivity contribution is 8.00. The number of carbonyl (C=O) groups is 1. The summed E-state index contributed by atoms with van der Waals surface area (Å²) < 4.78 is 5.16. The Morgan fingerprint density at radius 1 is 1.19 bits per heavy atom. The van der Waals surface area contributed by atoms with Crippen LogP contribution in [0.3, 0.4) is 0 Å². The average Bonchev–Trinajstić information content (AvgIpc) is 2.68. The van der Waals surface area contributed by atoms with Gasteiger partial charge in [0.25, 0.3) is 0 Å². The second kappa shape index (κ2) is 9.10. The van der Waals surface area contributed by atoms with E-state index >= 15 is 0 Å². The predicted molar refractivity (Wildman–Crippen MR) is 107 cm³/mol. The first-order chi connectivity index (χ1) is 12.7. The third-order valence-electron chi connectivity index (χ3n) is 4.68. The summed E-state index contributed by atoms with van der Waals surface area (Å²) in [6.07, 6.45) is 1.09. The van der Waals surface area contributed by atoms with Crippen LogP contribution in [0.25, 0.3) is 0 Å². The number of amides is 1. The third kappa shape index (κ3) is 5.02. The van der Waals surface area contributed by atoms with Crippen molar-refractivity contribution in [2.24, 2.45) is 0 Å². The maximum atomic E-state index is 12.3. The second-order valence-electron chi connectivity index (χ2n) is 6.52. The highest BCUT2D eigenvalue weighted by Gasteiger charge is 2.17. The van der Waals surface area contributed by atoms with Crippen molar-refractivity contribution in [2.45, 2.75) is 30.0 Å². The Balaban J connectivity index is 1.41. The summed E-state index contributed by atoms with van der Waals surface area (Å²) in [6.45, 7) is 5.56. The van der Waals surface area contributed by atoms with Crippen LogP contribution < -0.4 is 10.1 Å². The van der Waals surface area contributed by atoms with Gasteiger partial charge in [0.15, 0.2) is 0 Å². The molecule has 0 fully saturated rings. The van der Waals surface area contributed by atoms with Gasteiger partial charge in [0.1, 0.15) is 5.75 Å². The van der Waals surface area contributed by atoms with Gasteiger partial charge in [0.2, 0.25) is 5.91 Å². The van der Waals surface area contributed by atoms with Gasteiger partial charge in [0.05, 0.1) is 12.4 Å². The third-order valence-corrected chi connectivity index (χ3v) is 5.79. The quantitative estimate of drug-likeness (QED) is 0.759.